The van der Waals surface area contributed by atoms with Gasteiger partial charge in [0.15, 0.2) is 0 Å². The Morgan fingerprint density at radius 3 is 2.26 bits per heavy atom. The summed E-state index contributed by atoms with van der Waals surface area (Å²) in [6, 6.07) is 10.5. The molecule has 1 aromatic heterocycles. The average Bonchev–Trinajstić information content (AvgIpc) is 2.49. The van der Waals surface area contributed by atoms with Crippen molar-refractivity contribution in [3.63, 3.8) is 0 Å². The van der Waals surface area contributed by atoms with Gasteiger partial charge in [-0.15, -0.1) is 0 Å². The maximum absolute atomic E-state index is 12.9. The van der Waals surface area contributed by atoms with Crippen LogP contribution in [0.4, 0.5) is 10.2 Å². The smallest absolute Gasteiger partial charge is 0.128 e. The van der Waals surface area contributed by atoms with Gasteiger partial charge >= 0.3 is 0 Å². The van der Waals surface area contributed by atoms with Crippen LogP contribution in [0, 0.1) is 5.82 Å². The van der Waals surface area contributed by atoms with Crippen LogP contribution in [0.2, 0.25) is 0 Å². The van der Waals surface area contributed by atoms with Gasteiger partial charge in [0.25, 0.3) is 0 Å². The summed E-state index contributed by atoms with van der Waals surface area (Å²) in [7, 11) is 0. The highest BCUT2D eigenvalue weighted by Gasteiger charge is 2.12. The lowest BCUT2D eigenvalue weighted by molar-refractivity contribution is 0.122. The summed E-state index contributed by atoms with van der Waals surface area (Å²) < 4.78 is 18.2. The molecule has 0 aliphatic carbocycles. The molecule has 0 unspecified atom stereocenters. The monoisotopic (exact) mass is 258 g/mol. The lowest BCUT2D eigenvalue weighted by Gasteiger charge is -2.27. The molecule has 1 aromatic carbocycles. The van der Waals surface area contributed by atoms with Gasteiger partial charge in [-0.05, 0) is 29.8 Å². The molecule has 0 spiro atoms. The molecule has 3 nitrogen and oxygen atoms in total. The van der Waals surface area contributed by atoms with E-state index in [0.29, 0.717) is 0 Å². The fourth-order valence-corrected chi connectivity index (χ4v) is 2.18. The summed E-state index contributed by atoms with van der Waals surface area (Å²) in [6.45, 7) is 3.26. The Balaban J connectivity index is 1.80. The van der Waals surface area contributed by atoms with Gasteiger partial charge < -0.3 is 9.64 Å². The molecule has 1 aliphatic rings. The Kier molecular flexibility index (Phi) is 3.42. The third-order valence-electron chi connectivity index (χ3n) is 3.26. The molecule has 0 bridgehead atoms. The number of benzene rings is 1. The molecule has 4 heteroatoms. The SMILES string of the molecule is Fc1ccc(-c2ccc(N3CCOCC3)nc2)cc1. The number of hydrogen-bond acceptors (Lipinski definition) is 3. The molecule has 0 N–H and O–H groups in total. The van der Waals surface area contributed by atoms with E-state index in [0.717, 1.165) is 43.2 Å². The summed E-state index contributed by atoms with van der Waals surface area (Å²) in [5.41, 5.74) is 1.97. The van der Waals surface area contributed by atoms with Crippen molar-refractivity contribution in [1.29, 1.82) is 0 Å². The van der Waals surface area contributed by atoms with Crippen LogP contribution < -0.4 is 4.90 Å². The van der Waals surface area contributed by atoms with Crippen molar-refractivity contribution in [2.75, 3.05) is 31.2 Å². The van der Waals surface area contributed by atoms with E-state index in [1.165, 1.54) is 12.1 Å². The number of nitrogens with zero attached hydrogens (tertiary/aromatic N) is 2. The van der Waals surface area contributed by atoms with Crippen LogP contribution in [-0.4, -0.2) is 31.3 Å². The number of morpholine rings is 1. The fraction of sp³-hybridized carbons (Fsp3) is 0.267. The first kappa shape index (κ1) is 12.1. The van der Waals surface area contributed by atoms with Crippen molar-refractivity contribution in [2.24, 2.45) is 0 Å². The van der Waals surface area contributed by atoms with Crippen LogP contribution >= 0.6 is 0 Å². The van der Waals surface area contributed by atoms with E-state index in [1.54, 1.807) is 12.1 Å². The van der Waals surface area contributed by atoms with Gasteiger partial charge in [-0.3, -0.25) is 0 Å². The maximum Gasteiger partial charge on any atom is 0.128 e. The Morgan fingerprint density at radius 2 is 1.63 bits per heavy atom. The number of hydrogen-bond donors (Lipinski definition) is 0. The molecular weight excluding hydrogens is 243 g/mol. The molecule has 0 atom stereocenters. The summed E-state index contributed by atoms with van der Waals surface area (Å²) in [5.74, 6) is 0.746. The molecule has 1 fully saturated rings. The summed E-state index contributed by atoms with van der Waals surface area (Å²) in [6.07, 6.45) is 1.83. The van der Waals surface area contributed by atoms with Crippen molar-refractivity contribution in [3.05, 3.63) is 48.4 Å². The first-order valence-electron chi connectivity index (χ1n) is 6.37. The summed E-state index contributed by atoms with van der Waals surface area (Å²) in [4.78, 5) is 6.68. The number of anilines is 1. The second kappa shape index (κ2) is 5.36. The number of ether oxygens (including phenoxy) is 1. The van der Waals surface area contributed by atoms with E-state index in [4.69, 9.17) is 4.74 Å². The van der Waals surface area contributed by atoms with Crippen LogP contribution in [0.5, 0.6) is 0 Å². The van der Waals surface area contributed by atoms with E-state index in [1.807, 2.05) is 18.3 Å². The standard InChI is InChI=1S/C15H15FN2O/c16-14-4-1-12(2-5-14)13-3-6-15(17-11-13)18-7-9-19-10-8-18/h1-6,11H,7-10H2. The number of aromatic nitrogens is 1. The van der Waals surface area contributed by atoms with E-state index in [9.17, 15) is 4.39 Å². The highest BCUT2D eigenvalue weighted by Crippen LogP contribution is 2.21. The average molecular weight is 258 g/mol. The lowest BCUT2D eigenvalue weighted by atomic mass is 10.1. The van der Waals surface area contributed by atoms with Crippen molar-refractivity contribution >= 4 is 5.82 Å². The number of pyridine rings is 1. The highest BCUT2D eigenvalue weighted by molar-refractivity contribution is 5.63. The Labute approximate surface area is 111 Å². The third-order valence-corrected chi connectivity index (χ3v) is 3.26. The predicted molar refractivity (Wildman–Crippen MR) is 72.7 cm³/mol. The van der Waals surface area contributed by atoms with E-state index >= 15 is 0 Å². The van der Waals surface area contributed by atoms with E-state index in [-0.39, 0.29) is 5.82 Å². The van der Waals surface area contributed by atoms with Gasteiger partial charge in [-0.2, -0.15) is 0 Å². The van der Waals surface area contributed by atoms with Crippen LogP contribution in [0.25, 0.3) is 11.1 Å². The van der Waals surface area contributed by atoms with Gasteiger partial charge in [0, 0.05) is 24.8 Å². The highest BCUT2D eigenvalue weighted by atomic mass is 19.1. The molecule has 98 valence electrons. The topological polar surface area (TPSA) is 25.4 Å². The van der Waals surface area contributed by atoms with Crippen molar-refractivity contribution in [1.82, 2.24) is 4.98 Å². The minimum Gasteiger partial charge on any atom is -0.378 e. The zero-order chi connectivity index (χ0) is 13.1. The van der Waals surface area contributed by atoms with Crippen LogP contribution in [0.15, 0.2) is 42.6 Å². The lowest BCUT2D eigenvalue weighted by Crippen LogP contribution is -2.36. The number of halogens is 1. The largest absolute Gasteiger partial charge is 0.378 e. The predicted octanol–water partition coefficient (Wildman–Crippen LogP) is 2.72. The van der Waals surface area contributed by atoms with E-state index in [2.05, 4.69) is 9.88 Å². The van der Waals surface area contributed by atoms with Gasteiger partial charge in [0.05, 0.1) is 13.2 Å². The minimum atomic E-state index is -0.221. The first-order chi connectivity index (χ1) is 9.33. The molecule has 1 aliphatic heterocycles. The molecule has 2 aromatic rings. The quantitative estimate of drug-likeness (QED) is 0.828. The fourth-order valence-electron chi connectivity index (χ4n) is 2.18. The second-order valence-corrected chi connectivity index (χ2v) is 4.51. The Morgan fingerprint density at radius 1 is 0.947 bits per heavy atom. The van der Waals surface area contributed by atoms with Crippen molar-refractivity contribution < 1.29 is 9.13 Å². The Bertz CT molecular complexity index is 533. The normalized spacial score (nSPS) is 15.5. The molecule has 2 heterocycles. The Hall–Kier alpha value is -1.94. The first-order valence-corrected chi connectivity index (χ1v) is 6.37. The van der Waals surface area contributed by atoms with Crippen LogP contribution in [0.3, 0.4) is 0 Å². The van der Waals surface area contributed by atoms with Crippen molar-refractivity contribution in [3.8, 4) is 11.1 Å². The van der Waals surface area contributed by atoms with Crippen LogP contribution in [0.1, 0.15) is 0 Å². The zero-order valence-electron chi connectivity index (χ0n) is 10.6. The molecular formula is C15H15FN2O. The van der Waals surface area contributed by atoms with Gasteiger partial charge in [0.2, 0.25) is 0 Å². The zero-order valence-corrected chi connectivity index (χ0v) is 10.6. The second-order valence-electron chi connectivity index (χ2n) is 4.51. The van der Waals surface area contributed by atoms with E-state index < -0.39 is 0 Å². The summed E-state index contributed by atoms with van der Waals surface area (Å²) in [5, 5.41) is 0. The van der Waals surface area contributed by atoms with Crippen molar-refractivity contribution in [2.45, 2.75) is 0 Å². The van der Waals surface area contributed by atoms with Crippen LogP contribution in [-0.2, 0) is 4.74 Å². The molecule has 0 radical (unpaired) electrons. The molecule has 0 amide bonds. The molecule has 3 rings (SSSR count). The van der Waals surface area contributed by atoms with Gasteiger partial charge in [-0.25, -0.2) is 9.37 Å². The molecule has 19 heavy (non-hydrogen) atoms. The molecule has 0 saturated carbocycles. The van der Waals surface area contributed by atoms with Gasteiger partial charge in [-0.1, -0.05) is 12.1 Å². The maximum atomic E-state index is 12.9. The van der Waals surface area contributed by atoms with Gasteiger partial charge in [0.1, 0.15) is 11.6 Å². The number of rotatable bonds is 2. The third kappa shape index (κ3) is 2.74. The molecule has 1 saturated heterocycles. The minimum absolute atomic E-state index is 0.221. The summed E-state index contributed by atoms with van der Waals surface area (Å²) >= 11 is 0.